The van der Waals surface area contributed by atoms with Crippen molar-refractivity contribution in [2.45, 2.75) is 26.2 Å². The Hall–Kier alpha value is -0.890. The molecular weight excluding hydrogens is 198 g/mol. The zero-order valence-electron chi connectivity index (χ0n) is 8.25. The third kappa shape index (κ3) is 1.44. The Morgan fingerprint density at radius 3 is 2.93 bits per heavy atom. The molecule has 2 unspecified atom stereocenters. The number of carbonyl (C=O) groups is 1. The number of aromatic nitrogens is 1. The highest BCUT2D eigenvalue weighted by Gasteiger charge is 2.28. The summed E-state index contributed by atoms with van der Waals surface area (Å²) in [7, 11) is 0. The summed E-state index contributed by atoms with van der Waals surface area (Å²) in [5.41, 5.74) is 1.80. The van der Waals surface area contributed by atoms with Crippen LogP contribution in [0.4, 0.5) is 0 Å². The third-order valence-corrected chi connectivity index (χ3v) is 3.26. The van der Waals surface area contributed by atoms with Gasteiger partial charge in [-0.15, -0.1) is 0 Å². The molecule has 2 nitrogen and oxygen atoms in total. The van der Waals surface area contributed by atoms with Gasteiger partial charge in [0.15, 0.2) is 5.78 Å². The highest BCUT2D eigenvalue weighted by Crippen LogP contribution is 2.35. The standard InChI is InChI=1S/C11H12ClNO/c1-6-3-10(14)9-5-13-11(12)4-8(9)7(6)2/h4-7H,3H2,1-2H3. The molecule has 1 aromatic rings. The highest BCUT2D eigenvalue weighted by atomic mass is 35.5. The van der Waals surface area contributed by atoms with Gasteiger partial charge in [-0.1, -0.05) is 25.4 Å². The third-order valence-electron chi connectivity index (χ3n) is 3.05. The summed E-state index contributed by atoms with van der Waals surface area (Å²) in [5, 5.41) is 0.470. The fraction of sp³-hybridized carbons (Fsp3) is 0.455. The smallest absolute Gasteiger partial charge is 0.165 e. The van der Waals surface area contributed by atoms with Crippen molar-refractivity contribution in [1.29, 1.82) is 0 Å². The lowest BCUT2D eigenvalue weighted by molar-refractivity contribution is 0.0944. The van der Waals surface area contributed by atoms with Crippen LogP contribution in [0, 0.1) is 5.92 Å². The molecule has 2 atom stereocenters. The van der Waals surface area contributed by atoms with Gasteiger partial charge < -0.3 is 0 Å². The number of ketones is 1. The van der Waals surface area contributed by atoms with Gasteiger partial charge in [-0.2, -0.15) is 0 Å². The zero-order chi connectivity index (χ0) is 10.3. The van der Waals surface area contributed by atoms with Crippen molar-refractivity contribution >= 4 is 17.4 Å². The normalized spacial score (nSPS) is 26.1. The Kier molecular flexibility index (Phi) is 2.31. The molecule has 0 saturated heterocycles. The Bertz CT molecular complexity index is 389. The predicted octanol–water partition coefficient (Wildman–Crippen LogP) is 3.06. The lowest BCUT2D eigenvalue weighted by Gasteiger charge is -2.27. The van der Waals surface area contributed by atoms with Crippen molar-refractivity contribution in [2.24, 2.45) is 5.92 Å². The van der Waals surface area contributed by atoms with Crippen molar-refractivity contribution in [1.82, 2.24) is 4.98 Å². The second-order valence-electron chi connectivity index (χ2n) is 3.99. The molecule has 3 heteroatoms. The monoisotopic (exact) mass is 209 g/mol. The van der Waals surface area contributed by atoms with E-state index in [0.29, 0.717) is 23.4 Å². The van der Waals surface area contributed by atoms with Crippen LogP contribution in [0.15, 0.2) is 12.3 Å². The van der Waals surface area contributed by atoms with Crippen LogP contribution in [-0.4, -0.2) is 10.8 Å². The Morgan fingerprint density at radius 1 is 1.50 bits per heavy atom. The summed E-state index contributed by atoms with van der Waals surface area (Å²) < 4.78 is 0. The number of pyridine rings is 1. The van der Waals surface area contributed by atoms with E-state index in [0.717, 1.165) is 11.1 Å². The number of rotatable bonds is 0. The first-order valence-corrected chi connectivity index (χ1v) is 5.16. The Labute approximate surface area is 88.3 Å². The van der Waals surface area contributed by atoms with Crippen molar-refractivity contribution in [3.8, 4) is 0 Å². The van der Waals surface area contributed by atoms with E-state index in [9.17, 15) is 4.79 Å². The average molecular weight is 210 g/mol. The highest BCUT2D eigenvalue weighted by molar-refractivity contribution is 6.29. The van der Waals surface area contributed by atoms with E-state index in [2.05, 4.69) is 18.8 Å². The topological polar surface area (TPSA) is 30.0 Å². The van der Waals surface area contributed by atoms with Crippen LogP contribution in [-0.2, 0) is 0 Å². The summed E-state index contributed by atoms with van der Waals surface area (Å²) >= 11 is 5.81. The molecule has 2 rings (SSSR count). The number of hydrogen-bond donors (Lipinski definition) is 0. The molecule has 1 aliphatic rings. The molecule has 0 fully saturated rings. The van der Waals surface area contributed by atoms with E-state index in [1.54, 1.807) is 6.20 Å². The molecule has 0 aromatic carbocycles. The molecule has 1 aromatic heterocycles. The molecule has 0 spiro atoms. The quantitative estimate of drug-likeness (QED) is 0.615. The van der Waals surface area contributed by atoms with E-state index in [1.807, 2.05) is 6.07 Å². The molecule has 0 amide bonds. The number of Topliss-reactive ketones (excluding diaryl/α,β-unsaturated/α-hetero) is 1. The van der Waals surface area contributed by atoms with Crippen molar-refractivity contribution in [2.75, 3.05) is 0 Å². The second-order valence-corrected chi connectivity index (χ2v) is 4.37. The minimum absolute atomic E-state index is 0.190. The number of carbonyl (C=O) groups excluding carboxylic acids is 1. The molecule has 1 heterocycles. The van der Waals surface area contributed by atoms with Gasteiger partial charge in [-0.05, 0) is 23.5 Å². The van der Waals surface area contributed by atoms with Gasteiger partial charge in [0.1, 0.15) is 5.15 Å². The molecule has 1 aliphatic carbocycles. The van der Waals surface area contributed by atoms with Gasteiger partial charge in [-0.3, -0.25) is 4.79 Å². The first-order chi connectivity index (χ1) is 6.59. The number of nitrogens with zero attached hydrogens (tertiary/aromatic N) is 1. The van der Waals surface area contributed by atoms with Crippen molar-refractivity contribution in [3.63, 3.8) is 0 Å². The summed E-state index contributed by atoms with van der Waals surface area (Å²) in [6, 6.07) is 1.81. The summed E-state index contributed by atoms with van der Waals surface area (Å²) in [6.45, 7) is 4.23. The minimum Gasteiger partial charge on any atom is -0.294 e. The van der Waals surface area contributed by atoms with Gasteiger partial charge in [0.05, 0.1) is 0 Å². The molecule has 14 heavy (non-hydrogen) atoms. The van der Waals surface area contributed by atoms with E-state index in [1.165, 1.54) is 0 Å². The predicted molar refractivity (Wildman–Crippen MR) is 55.8 cm³/mol. The maximum atomic E-state index is 11.7. The first-order valence-electron chi connectivity index (χ1n) is 4.78. The van der Waals surface area contributed by atoms with Gasteiger partial charge in [0.25, 0.3) is 0 Å². The van der Waals surface area contributed by atoms with E-state index >= 15 is 0 Å². The SMILES string of the molecule is CC1CC(=O)c2cnc(Cl)cc2C1C. The molecular formula is C11H12ClNO. The largest absolute Gasteiger partial charge is 0.294 e. The van der Waals surface area contributed by atoms with Crippen LogP contribution >= 0.6 is 11.6 Å². The Balaban J connectivity index is 2.56. The molecule has 0 aliphatic heterocycles. The number of hydrogen-bond acceptors (Lipinski definition) is 2. The van der Waals surface area contributed by atoms with Crippen LogP contribution < -0.4 is 0 Å². The van der Waals surface area contributed by atoms with Crippen LogP contribution in [0.3, 0.4) is 0 Å². The van der Waals surface area contributed by atoms with E-state index in [-0.39, 0.29) is 5.78 Å². The number of halogens is 1. The summed E-state index contributed by atoms with van der Waals surface area (Å²) in [5.74, 6) is 0.978. The van der Waals surface area contributed by atoms with Crippen LogP contribution in [0.25, 0.3) is 0 Å². The second kappa shape index (κ2) is 3.35. The zero-order valence-corrected chi connectivity index (χ0v) is 9.01. The average Bonchev–Trinajstić information content (AvgIpc) is 2.14. The fourth-order valence-corrected chi connectivity index (χ4v) is 2.11. The van der Waals surface area contributed by atoms with Gasteiger partial charge in [-0.25, -0.2) is 4.98 Å². The van der Waals surface area contributed by atoms with Gasteiger partial charge in [0.2, 0.25) is 0 Å². The molecule has 0 bridgehead atoms. The van der Waals surface area contributed by atoms with Crippen molar-refractivity contribution in [3.05, 3.63) is 28.5 Å². The lowest BCUT2D eigenvalue weighted by atomic mass is 9.77. The molecule has 0 N–H and O–H groups in total. The Morgan fingerprint density at radius 2 is 2.21 bits per heavy atom. The van der Waals surface area contributed by atoms with E-state index < -0.39 is 0 Å². The van der Waals surface area contributed by atoms with Crippen LogP contribution in [0.2, 0.25) is 5.15 Å². The fourth-order valence-electron chi connectivity index (χ4n) is 1.94. The molecule has 74 valence electrons. The minimum atomic E-state index is 0.190. The van der Waals surface area contributed by atoms with Gasteiger partial charge in [0, 0.05) is 18.2 Å². The van der Waals surface area contributed by atoms with Crippen LogP contribution in [0.1, 0.15) is 42.1 Å². The number of fused-ring (bicyclic) bond motifs is 1. The summed E-state index contributed by atoms with van der Waals surface area (Å²) in [6.07, 6.45) is 2.22. The van der Waals surface area contributed by atoms with E-state index in [4.69, 9.17) is 11.6 Å². The first kappa shape index (κ1) is 9.66. The maximum Gasteiger partial charge on any atom is 0.165 e. The van der Waals surface area contributed by atoms with Gasteiger partial charge >= 0.3 is 0 Å². The lowest BCUT2D eigenvalue weighted by Crippen LogP contribution is -2.21. The van der Waals surface area contributed by atoms with Crippen LogP contribution in [0.5, 0.6) is 0 Å². The summed E-state index contributed by atoms with van der Waals surface area (Å²) in [4.78, 5) is 15.6. The molecule has 0 radical (unpaired) electrons. The molecule has 0 saturated carbocycles. The maximum absolute atomic E-state index is 11.7. The van der Waals surface area contributed by atoms with Crippen molar-refractivity contribution < 1.29 is 4.79 Å².